The van der Waals surface area contributed by atoms with Gasteiger partial charge in [-0.2, -0.15) is 0 Å². The first-order chi connectivity index (χ1) is 7.24. The first-order valence-corrected chi connectivity index (χ1v) is 5.49. The van der Waals surface area contributed by atoms with Gasteiger partial charge < -0.3 is 4.74 Å². The van der Waals surface area contributed by atoms with Crippen molar-refractivity contribution in [2.24, 2.45) is 0 Å². The van der Waals surface area contributed by atoms with Crippen molar-refractivity contribution >= 4 is 5.78 Å². The van der Waals surface area contributed by atoms with Crippen molar-refractivity contribution in [3.63, 3.8) is 0 Å². The third-order valence-corrected chi connectivity index (χ3v) is 2.81. The molecular formula is C13H16O2. The fraction of sp³-hybridized carbons (Fsp3) is 0.462. The first kappa shape index (κ1) is 10.2. The van der Waals surface area contributed by atoms with Gasteiger partial charge in [0.2, 0.25) is 0 Å². The van der Waals surface area contributed by atoms with Gasteiger partial charge in [-0.05, 0) is 31.9 Å². The van der Waals surface area contributed by atoms with Crippen molar-refractivity contribution in [2.45, 2.75) is 38.7 Å². The Hall–Kier alpha value is -1.31. The molecule has 0 unspecified atom stereocenters. The second kappa shape index (κ2) is 4.47. The quantitative estimate of drug-likeness (QED) is 0.740. The molecule has 0 aromatic heterocycles. The van der Waals surface area contributed by atoms with Crippen LogP contribution in [0.5, 0.6) is 5.75 Å². The molecule has 0 atom stereocenters. The molecule has 0 radical (unpaired) electrons. The third-order valence-electron chi connectivity index (χ3n) is 2.81. The van der Waals surface area contributed by atoms with E-state index < -0.39 is 0 Å². The molecule has 0 N–H and O–H groups in total. The zero-order valence-electron chi connectivity index (χ0n) is 9.03. The largest absolute Gasteiger partial charge is 0.490 e. The summed E-state index contributed by atoms with van der Waals surface area (Å²) < 4.78 is 5.81. The lowest BCUT2D eigenvalue weighted by Gasteiger charge is -2.22. The summed E-state index contributed by atoms with van der Waals surface area (Å²) in [5.41, 5.74) is 1.24. The number of benzene rings is 1. The molecule has 1 aromatic rings. The molecule has 0 saturated heterocycles. The molecule has 1 aliphatic rings. The van der Waals surface area contributed by atoms with Crippen LogP contribution in [0.15, 0.2) is 24.3 Å². The van der Waals surface area contributed by atoms with E-state index >= 15 is 0 Å². The van der Waals surface area contributed by atoms with E-state index in [9.17, 15) is 4.79 Å². The maximum absolute atomic E-state index is 11.1. The Balaban J connectivity index is 1.91. The maximum atomic E-state index is 11.1. The number of aryl methyl sites for hydroxylation is 1. The number of Topliss-reactive ketones (excluding diaryl/α,β-unsaturated/α-hetero) is 1. The summed E-state index contributed by atoms with van der Waals surface area (Å²) in [5, 5.41) is 0. The van der Waals surface area contributed by atoms with Gasteiger partial charge in [-0.3, -0.25) is 4.79 Å². The molecule has 1 aliphatic carbocycles. The summed E-state index contributed by atoms with van der Waals surface area (Å²) in [6.07, 6.45) is 3.32. The zero-order chi connectivity index (χ0) is 10.7. The average Bonchev–Trinajstić information content (AvgIpc) is 2.25. The van der Waals surface area contributed by atoms with Gasteiger partial charge in [-0.15, -0.1) is 0 Å². The fourth-order valence-corrected chi connectivity index (χ4v) is 1.84. The van der Waals surface area contributed by atoms with Crippen LogP contribution in [0.2, 0.25) is 0 Å². The van der Waals surface area contributed by atoms with E-state index in [2.05, 4.69) is 6.92 Å². The van der Waals surface area contributed by atoms with Crippen LogP contribution in [0, 0.1) is 6.92 Å². The molecule has 1 aromatic carbocycles. The Kier molecular flexibility index (Phi) is 3.05. The van der Waals surface area contributed by atoms with Gasteiger partial charge >= 0.3 is 0 Å². The molecule has 1 fully saturated rings. The van der Waals surface area contributed by atoms with E-state index in [4.69, 9.17) is 4.74 Å². The standard InChI is InChI=1S/C13H16O2/c1-10-2-6-12(7-3-10)15-13-8-4-11(14)5-9-13/h2-3,6-7,13H,4-5,8-9H2,1H3. The molecule has 0 aliphatic heterocycles. The van der Waals surface area contributed by atoms with Gasteiger partial charge in [0.1, 0.15) is 11.5 Å². The fourth-order valence-electron chi connectivity index (χ4n) is 1.84. The Labute approximate surface area is 90.3 Å². The van der Waals surface area contributed by atoms with Crippen LogP contribution in [-0.2, 0) is 4.79 Å². The predicted octanol–water partition coefficient (Wildman–Crippen LogP) is 2.89. The maximum Gasteiger partial charge on any atom is 0.133 e. The van der Waals surface area contributed by atoms with E-state index in [-0.39, 0.29) is 6.10 Å². The van der Waals surface area contributed by atoms with Crippen LogP contribution in [-0.4, -0.2) is 11.9 Å². The Morgan fingerprint density at radius 1 is 1.13 bits per heavy atom. The number of hydrogen-bond donors (Lipinski definition) is 0. The highest BCUT2D eigenvalue weighted by molar-refractivity contribution is 5.79. The number of hydrogen-bond acceptors (Lipinski definition) is 2. The lowest BCUT2D eigenvalue weighted by molar-refractivity contribution is -0.121. The summed E-state index contributed by atoms with van der Waals surface area (Å²) in [7, 11) is 0. The van der Waals surface area contributed by atoms with Crippen molar-refractivity contribution in [3.05, 3.63) is 29.8 Å². The van der Waals surface area contributed by atoms with Gasteiger partial charge in [-0.1, -0.05) is 17.7 Å². The van der Waals surface area contributed by atoms with Crippen molar-refractivity contribution in [1.82, 2.24) is 0 Å². The highest BCUT2D eigenvalue weighted by Gasteiger charge is 2.19. The minimum atomic E-state index is 0.227. The van der Waals surface area contributed by atoms with Crippen molar-refractivity contribution in [3.8, 4) is 5.75 Å². The summed E-state index contributed by atoms with van der Waals surface area (Å²) in [5.74, 6) is 1.29. The van der Waals surface area contributed by atoms with Crippen molar-refractivity contribution in [2.75, 3.05) is 0 Å². The lowest BCUT2D eigenvalue weighted by Crippen LogP contribution is -2.23. The molecule has 2 heteroatoms. The molecule has 0 spiro atoms. The van der Waals surface area contributed by atoms with Gasteiger partial charge in [0.25, 0.3) is 0 Å². The van der Waals surface area contributed by atoms with Crippen LogP contribution in [0.1, 0.15) is 31.2 Å². The van der Waals surface area contributed by atoms with E-state index in [0.717, 1.165) is 18.6 Å². The van der Waals surface area contributed by atoms with E-state index in [1.165, 1.54) is 5.56 Å². The molecule has 0 bridgehead atoms. The lowest BCUT2D eigenvalue weighted by atomic mass is 9.96. The average molecular weight is 204 g/mol. The SMILES string of the molecule is Cc1ccc(OC2CCC(=O)CC2)cc1. The molecule has 2 rings (SSSR count). The molecule has 0 amide bonds. The van der Waals surface area contributed by atoms with Gasteiger partial charge in [0.15, 0.2) is 0 Å². The van der Waals surface area contributed by atoms with Crippen LogP contribution >= 0.6 is 0 Å². The van der Waals surface area contributed by atoms with Crippen LogP contribution in [0.4, 0.5) is 0 Å². The van der Waals surface area contributed by atoms with Crippen molar-refractivity contribution in [1.29, 1.82) is 0 Å². The second-order valence-electron chi connectivity index (χ2n) is 4.17. The Morgan fingerprint density at radius 3 is 2.33 bits per heavy atom. The highest BCUT2D eigenvalue weighted by atomic mass is 16.5. The van der Waals surface area contributed by atoms with Crippen LogP contribution in [0.25, 0.3) is 0 Å². The molecule has 2 nitrogen and oxygen atoms in total. The van der Waals surface area contributed by atoms with Gasteiger partial charge in [-0.25, -0.2) is 0 Å². The summed E-state index contributed by atoms with van der Waals surface area (Å²) in [6.45, 7) is 2.06. The minimum absolute atomic E-state index is 0.227. The number of carbonyl (C=O) groups excluding carboxylic acids is 1. The van der Waals surface area contributed by atoms with Gasteiger partial charge in [0.05, 0.1) is 6.10 Å². The molecular weight excluding hydrogens is 188 g/mol. The summed E-state index contributed by atoms with van der Waals surface area (Å²) in [4.78, 5) is 11.1. The summed E-state index contributed by atoms with van der Waals surface area (Å²) >= 11 is 0. The monoisotopic (exact) mass is 204 g/mol. The zero-order valence-corrected chi connectivity index (χ0v) is 9.03. The Morgan fingerprint density at radius 2 is 1.73 bits per heavy atom. The van der Waals surface area contributed by atoms with Gasteiger partial charge in [0, 0.05) is 12.8 Å². The number of rotatable bonds is 2. The predicted molar refractivity (Wildman–Crippen MR) is 59.1 cm³/mol. The van der Waals surface area contributed by atoms with Crippen LogP contribution in [0.3, 0.4) is 0 Å². The van der Waals surface area contributed by atoms with E-state index in [0.29, 0.717) is 18.6 Å². The number of ketones is 1. The molecule has 80 valence electrons. The van der Waals surface area contributed by atoms with E-state index in [1.807, 2.05) is 24.3 Å². The van der Waals surface area contributed by atoms with E-state index in [1.54, 1.807) is 0 Å². The smallest absolute Gasteiger partial charge is 0.133 e. The summed E-state index contributed by atoms with van der Waals surface area (Å²) in [6, 6.07) is 8.07. The van der Waals surface area contributed by atoms with Crippen molar-refractivity contribution < 1.29 is 9.53 Å². The first-order valence-electron chi connectivity index (χ1n) is 5.49. The molecule has 0 heterocycles. The molecule has 15 heavy (non-hydrogen) atoms. The third kappa shape index (κ3) is 2.82. The second-order valence-corrected chi connectivity index (χ2v) is 4.17. The number of carbonyl (C=O) groups is 1. The highest BCUT2D eigenvalue weighted by Crippen LogP contribution is 2.21. The molecule has 1 saturated carbocycles. The van der Waals surface area contributed by atoms with Crippen LogP contribution < -0.4 is 4.74 Å². The topological polar surface area (TPSA) is 26.3 Å². The normalized spacial score (nSPS) is 17.8. The number of ether oxygens (including phenoxy) is 1. The minimum Gasteiger partial charge on any atom is -0.490 e. The Bertz CT molecular complexity index is 330.